The number of halogens is 1. The highest BCUT2D eigenvalue weighted by Crippen LogP contribution is 2.18. The normalized spacial score (nSPS) is 13.1. The summed E-state index contributed by atoms with van der Waals surface area (Å²) in [6.45, 7) is 4.10. The van der Waals surface area contributed by atoms with Crippen LogP contribution in [0.1, 0.15) is 42.3 Å². The van der Waals surface area contributed by atoms with Crippen LogP contribution in [0.15, 0.2) is 51.6 Å². The third kappa shape index (κ3) is 4.96. The van der Waals surface area contributed by atoms with E-state index >= 15 is 0 Å². The number of nitrogens with one attached hydrogen (secondary N) is 1. The summed E-state index contributed by atoms with van der Waals surface area (Å²) >= 11 is 3.11. The molecule has 0 aliphatic carbocycles. The summed E-state index contributed by atoms with van der Waals surface area (Å²) in [7, 11) is 0. The molecule has 1 N–H and O–H groups in total. The molecule has 1 aromatic carbocycles. The Morgan fingerprint density at radius 1 is 1.21 bits per heavy atom. The molecule has 5 nitrogen and oxygen atoms in total. The number of rotatable bonds is 7. The standard InChI is InChI=1S/C18H20BrNO4/c1-3-13(14-7-5-4-6-8-14)11-20-17(21)12(2)23-18(22)15-9-10-16(19)24-15/h4-10,12-13H,3,11H2,1-2H3,(H,20,21)/t12-,13-/m1/s1. The predicted molar refractivity (Wildman–Crippen MR) is 93.8 cm³/mol. The molecule has 2 atom stereocenters. The Bertz CT molecular complexity index is 683. The average Bonchev–Trinajstić information content (AvgIpc) is 3.02. The van der Waals surface area contributed by atoms with Crippen LogP contribution in [-0.2, 0) is 9.53 Å². The smallest absolute Gasteiger partial charge is 0.375 e. The predicted octanol–water partition coefficient (Wildman–Crippen LogP) is 3.90. The van der Waals surface area contributed by atoms with Crippen molar-refractivity contribution in [2.45, 2.75) is 32.3 Å². The molecule has 24 heavy (non-hydrogen) atoms. The van der Waals surface area contributed by atoms with E-state index in [1.807, 2.05) is 30.3 Å². The van der Waals surface area contributed by atoms with Gasteiger partial charge in [0.1, 0.15) is 0 Å². The van der Waals surface area contributed by atoms with Crippen molar-refractivity contribution in [1.82, 2.24) is 5.32 Å². The highest BCUT2D eigenvalue weighted by atomic mass is 79.9. The molecule has 0 fully saturated rings. The Labute approximate surface area is 149 Å². The van der Waals surface area contributed by atoms with E-state index in [1.165, 1.54) is 18.6 Å². The molecule has 2 rings (SSSR count). The second-order valence-electron chi connectivity index (χ2n) is 5.41. The number of amides is 1. The van der Waals surface area contributed by atoms with Crippen LogP contribution in [0.4, 0.5) is 0 Å². The Morgan fingerprint density at radius 3 is 2.50 bits per heavy atom. The lowest BCUT2D eigenvalue weighted by Crippen LogP contribution is -2.37. The van der Waals surface area contributed by atoms with Crippen LogP contribution in [0.3, 0.4) is 0 Å². The Kier molecular flexibility index (Phi) is 6.61. The molecule has 0 aliphatic heterocycles. The number of carbonyl (C=O) groups excluding carboxylic acids is 2. The van der Waals surface area contributed by atoms with E-state index < -0.39 is 12.1 Å². The van der Waals surface area contributed by atoms with Gasteiger partial charge in [0, 0.05) is 12.5 Å². The van der Waals surface area contributed by atoms with Gasteiger partial charge in [0.05, 0.1) is 0 Å². The number of esters is 1. The lowest BCUT2D eigenvalue weighted by Gasteiger charge is -2.18. The first-order valence-electron chi connectivity index (χ1n) is 7.80. The Balaban J connectivity index is 1.86. The zero-order valence-corrected chi connectivity index (χ0v) is 15.2. The van der Waals surface area contributed by atoms with Crippen molar-refractivity contribution in [3.8, 4) is 0 Å². The highest BCUT2D eigenvalue weighted by molar-refractivity contribution is 9.10. The minimum atomic E-state index is -0.894. The minimum absolute atomic E-state index is 0.0530. The van der Waals surface area contributed by atoms with Crippen molar-refractivity contribution < 1.29 is 18.7 Å². The number of hydrogen-bond donors (Lipinski definition) is 1. The fourth-order valence-corrected chi connectivity index (χ4v) is 2.59. The average molecular weight is 394 g/mol. The van der Waals surface area contributed by atoms with E-state index in [4.69, 9.17) is 9.15 Å². The summed E-state index contributed by atoms with van der Waals surface area (Å²) in [5, 5.41) is 2.84. The molecular formula is C18H20BrNO4. The van der Waals surface area contributed by atoms with Gasteiger partial charge >= 0.3 is 5.97 Å². The first kappa shape index (κ1) is 18.3. The monoisotopic (exact) mass is 393 g/mol. The van der Waals surface area contributed by atoms with Crippen molar-refractivity contribution in [3.05, 3.63) is 58.5 Å². The third-order valence-corrected chi connectivity index (χ3v) is 4.14. The van der Waals surface area contributed by atoms with Gasteiger partial charge in [0.15, 0.2) is 10.8 Å². The summed E-state index contributed by atoms with van der Waals surface area (Å²) in [5.74, 6) is -0.724. The van der Waals surface area contributed by atoms with Gasteiger partial charge in [-0.05, 0) is 47.0 Å². The van der Waals surface area contributed by atoms with Gasteiger partial charge in [-0.2, -0.15) is 0 Å². The topological polar surface area (TPSA) is 68.5 Å². The van der Waals surface area contributed by atoms with Crippen molar-refractivity contribution in [1.29, 1.82) is 0 Å². The maximum atomic E-state index is 12.1. The lowest BCUT2D eigenvalue weighted by molar-refractivity contribution is -0.129. The Hall–Kier alpha value is -2.08. The summed E-state index contributed by atoms with van der Waals surface area (Å²) in [4.78, 5) is 24.0. The van der Waals surface area contributed by atoms with E-state index in [0.29, 0.717) is 11.2 Å². The van der Waals surface area contributed by atoms with Gasteiger partial charge in [0.2, 0.25) is 5.76 Å². The van der Waals surface area contributed by atoms with E-state index in [9.17, 15) is 9.59 Å². The van der Waals surface area contributed by atoms with E-state index in [0.717, 1.165) is 6.42 Å². The summed E-state index contributed by atoms with van der Waals surface area (Å²) in [5.41, 5.74) is 1.17. The summed E-state index contributed by atoms with van der Waals surface area (Å²) in [6, 6.07) is 13.1. The Morgan fingerprint density at radius 2 is 1.92 bits per heavy atom. The number of furan rings is 1. The molecule has 1 heterocycles. The number of carbonyl (C=O) groups is 2. The van der Waals surface area contributed by atoms with Gasteiger partial charge in [-0.3, -0.25) is 4.79 Å². The molecule has 0 saturated heterocycles. The first-order chi connectivity index (χ1) is 11.5. The second-order valence-corrected chi connectivity index (χ2v) is 6.19. The molecule has 0 unspecified atom stereocenters. The number of benzene rings is 1. The fraction of sp³-hybridized carbons (Fsp3) is 0.333. The molecule has 0 saturated carbocycles. The van der Waals surface area contributed by atoms with Crippen molar-refractivity contribution in [2.24, 2.45) is 0 Å². The van der Waals surface area contributed by atoms with Crippen LogP contribution in [0, 0.1) is 0 Å². The maximum absolute atomic E-state index is 12.1. The van der Waals surface area contributed by atoms with E-state index in [-0.39, 0.29) is 17.6 Å². The SMILES string of the molecule is CC[C@H](CNC(=O)[C@@H](C)OC(=O)c1ccc(Br)o1)c1ccccc1. The molecule has 1 aromatic heterocycles. The van der Waals surface area contributed by atoms with Crippen LogP contribution in [-0.4, -0.2) is 24.5 Å². The van der Waals surface area contributed by atoms with Crippen molar-refractivity contribution in [2.75, 3.05) is 6.54 Å². The first-order valence-corrected chi connectivity index (χ1v) is 8.59. The maximum Gasteiger partial charge on any atom is 0.375 e. The summed E-state index contributed by atoms with van der Waals surface area (Å²) in [6.07, 6.45) is 0.00783. The quantitative estimate of drug-likeness (QED) is 0.724. The summed E-state index contributed by atoms with van der Waals surface area (Å²) < 4.78 is 10.7. The second kappa shape index (κ2) is 8.68. The van der Waals surface area contributed by atoms with Crippen molar-refractivity contribution >= 4 is 27.8 Å². The zero-order chi connectivity index (χ0) is 17.5. The number of ether oxygens (including phenoxy) is 1. The molecule has 0 spiro atoms. The third-order valence-electron chi connectivity index (χ3n) is 3.71. The molecule has 0 aliphatic rings. The molecule has 128 valence electrons. The van der Waals surface area contributed by atoms with Gasteiger partial charge in [-0.25, -0.2) is 4.79 Å². The van der Waals surface area contributed by atoms with Crippen LogP contribution < -0.4 is 5.32 Å². The molecule has 0 bridgehead atoms. The van der Waals surface area contributed by atoms with Crippen LogP contribution in [0.5, 0.6) is 0 Å². The molecule has 0 radical (unpaired) electrons. The van der Waals surface area contributed by atoms with Crippen LogP contribution in [0.25, 0.3) is 0 Å². The van der Waals surface area contributed by atoms with Crippen LogP contribution >= 0.6 is 15.9 Å². The van der Waals surface area contributed by atoms with Gasteiger partial charge < -0.3 is 14.5 Å². The minimum Gasteiger partial charge on any atom is -0.447 e. The van der Waals surface area contributed by atoms with Gasteiger partial charge in [0.25, 0.3) is 5.91 Å². The lowest BCUT2D eigenvalue weighted by atomic mass is 9.96. The molecule has 2 aromatic rings. The van der Waals surface area contributed by atoms with E-state index in [1.54, 1.807) is 6.07 Å². The van der Waals surface area contributed by atoms with E-state index in [2.05, 4.69) is 28.2 Å². The van der Waals surface area contributed by atoms with Crippen molar-refractivity contribution in [3.63, 3.8) is 0 Å². The fourth-order valence-electron chi connectivity index (χ4n) is 2.29. The zero-order valence-electron chi connectivity index (χ0n) is 13.6. The molecular weight excluding hydrogens is 374 g/mol. The highest BCUT2D eigenvalue weighted by Gasteiger charge is 2.21. The molecule has 6 heteroatoms. The van der Waals surface area contributed by atoms with Crippen LogP contribution in [0.2, 0.25) is 0 Å². The van der Waals surface area contributed by atoms with Gasteiger partial charge in [-0.15, -0.1) is 0 Å². The number of hydrogen-bond acceptors (Lipinski definition) is 4. The van der Waals surface area contributed by atoms with Gasteiger partial charge in [-0.1, -0.05) is 37.3 Å². The largest absolute Gasteiger partial charge is 0.447 e. The molecule has 1 amide bonds.